The van der Waals surface area contributed by atoms with Gasteiger partial charge in [-0.15, -0.1) is 0 Å². The van der Waals surface area contributed by atoms with Gasteiger partial charge in [0.05, 0.1) is 16.4 Å². The number of halogens is 2. The summed E-state index contributed by atoms with van der Waals surface area (Å²) in [5.74, 6) is 0.216. The van der Waals surface area contributed by atoms with E-state index in [9.17, 15) is 4.79 Å². The Morgan fingerprint density at radius 2 is 1.83 bits per heavy atom. The van der Waals surface area contributed by atoms with E-state index in [2.05, 4.69) is 39.3 Å². The zero-order chi connectivity index (χ0) is 17.1. The summed E-state index contributed by atoms with van der Waals surface area (Å²) < 4.78 is 1.15. The molecule has 0 fully saturated rings. The lowest BCUT2D eigenvalue weighted by Crippen LogP contribution is -2.14. The maximum atomic E-state index is 11.9. The number of para-hydroxylation sites is 1. The van der Waals surface area contributed by atoms with E-state index in [-0.39, 0.29) is 5.78 Å². The van der Waals surface area contributed by atoms with Crippen LogP contribution >= 0.6 is 34.2 Å². The summed E-state index contributed by atoms with van der Waals surface area (Å²) in [5.41, 5.74) is 4.60. The van der Waals surface area contributed by atoms with Crippen LogP contribution in [-0.2, 0) is 4.79 Å². The molecule has 0 saturated heterocycles. The van der Waals surface area contributed by atoms with Crippen LogP contribution in [0.3, 0.4) is 0 Å². The minimum absolute atomic E-state index is 0.216. The van der Waals surface area contributed by atoms with Gasteiger partial charge in [0.25, 0.3) is 0 Å². The van der Waals surface area contributed by atoms with Gasteiger partial charge in [-0.05, 0) is 72.7 Å². The highest BCUT2D eigenvalue weighted by Gasteiger charge is 2.17. The minimum atomic E-state index is 0.216. The zero-order valence-electron chi connectivity index (χ0n) is 13.3. The van der Waals surface area contributed by atoms with Gasteiger partial charge in [0.1, 0.15) is 0 Å². The third-order valence-electron chi connectivity index (χ3n) is 4.11. The van der Waals surface area contributed by atoms with Crippen LogP contribution < -0.4 is 10.6 Å². The second-order valence-corrected chi connectivity index (χ2v) is 7.37. The number of hydrogen-bond donors (Lipinski definition) is 2. The quantitative estimate of drug-likeness (QED) is 0.549. The number of benzene rings is 2. The molecule has 0 atom stereocenters. The second kappa shape index (κ2) is 7.57. The molecule has 0 saturated carbocycles. The van der Waals surface area contributed by atoms with Gasteiger partial charge in [0.15, 0.2) is 5.78 Å². The van der Waals surface area contributed by atoms with E-state index in [4.69, 9.17) is 11.6 Å². The number of allylic oxidation sites excluding steroid dienone is 2. The average molecular weight is 453 g/mol. The molecule has 0 spiro atoms. The van der Waals surface area contributed by atoms with Crippen molar-refractivity contribution >= 4 is 57.0 Å². The molecule has 5 heteroatoms. The number of ketones is 1. The summed E-state index contributed by atoms with van der Waals surface area (Å²) in [4.78, 5) is 11.9. The molecule has 2 aromatic rings. The summed E-state index contributed by atoms with van der Waals surface area (Å²) in [6, 6.07) is 13.9. The third-order valence-corrected chi connectivity index (χ3v) is 5.38. The molecular weight excluding hydrogens is 435 g/mol. The lowest BCUT2D eigenvalue weighted by Gasteiger charge is -2.20. The number of nitrogens with one attached hydrogen (secondary N) is 2. The minimum Gasteiger partial charge on any atom is -0.357 e. The molecule has 1 aliphatic carbocycles. The first-order valence-corrected chi connectivity index (χ1v) is 9.31. The normalized spacial score (nSPS) is 14.7. The van der Waals surface area contributed by atoms with Crippen LogP contribution in [0.2, 0.25) is 5.02 Å². The van der Waals surface area contributed by atoms with E-state index in [1.165, 1.54) is 0 Å². The van der Waals surface area contributed by atoms with E-state index in [0.717, 1.165) is 44.7 Å². The van der Waals surface area contributed by atoms with Crippen LogP contribution in [0.5, 0.6) is 0 Å². The van der Waals surface area contributed by atoms with E-state index in [1.807, 2.05) is 43.3 Å². The first kappa shape index (κ1) is 17.3. The number of anilines is 3. The Balaban J connectivity index is 1.86. The summed E-state index contributed by atoms with van der Waals surface area (Å²) >= 11 is 8.64. The Morgan fingerprint density at radius 3 is 2.62 bits per heavy atom. The highest BCUT2D eigenvalue weighted by Crippen LogP contribution is 2.32. The molecule has 0 radical (unpaired) electrons. The molecule has 24 heavy (non-hydrogen) atoms. The van der Waals surface area contributed by atoms with Crippen molar-refractivity contribution in [3.05, 3.63) is 62.3 Å². The maximum absolute atomic E-state index is 11.9. The largest absolute Gasteiger partial charge is 0.357 e. The Labute approximate surface area is 160 Å². The first-order valence-electron chi connectivity index (χ1n) is 7.85. The molecule has 1 aliphatic rings. The maximum Gasteiger partial charge on any atom is 0.160 e. The monoisotopic (exact) mass is 452 g/mol. The van der Waals surface area contributed by atoms with Crippen LogP contribution in [0.4, 0.5) is 17.1 Å². The Morgan fingerprint density at radius 1 is 1.04 bits per heavy atom. The summed E-state index contributed by atoms with van der Waals surface area (Å²) in [7, 11) is 0. The highest BCUT2D eigenvalue weighted by atomic mass is 127. The molecule has 0 aromatic heterocycles. The van der Waals surface area contributed by atoms with Gasteiger partial charge < -0.3 is 10.6 Å². The standard InChI is InChI=1S/C19H18ClIN2O/c1-12-16(7-4-8-19(12)24)23-18-11-13(9-10-14(18)20)22-17-6-3-2-5-15(17)21/h2-3,5-6,9-11,22-23H,4,7-8H2,1H3. The summed E-state index contributed by atoms with van der Waals surface area (Å²) in [6.07, 6.45) is 2.40. The molecule has 3 rings (SSSR count). The van der Waals surface area contributed by atoms with Gasteiger partial charge in [-0.25, -0.2) is 0 Å². The van der Waals surface area contributed by atoms with Crippen molar-refractivity contribution in [2.45, 2.75) is 26.2 Å². The van der Waals surface area contributed by atoms with Crippen LogP contribution in [0.25, 0.3) is 0 Å². The van der Waals surface area contributed by atoms with Crippen LogP contribution in [0.15, 0.2) is 53.7 Å². The smallest absolute Gasteiger partial charge is 0.160 e. The summed E-state index contributed by atoms with van der Waals surface area (Å²) in [6.45, 7) is 1.88. The molecule has 3 nitrogen and oxygen atoms in total. The van der Waals surface area contributed by atoms with Crippen molar-refractivity contribution in [3.8, 4) is 0 Å². The van der Waals surface area contributed by atoms with Gasteiger partial charge in [0.2, 0.25) is 0 Å². The Hall–Kier alpha value is -1.53. The Bertz CT molecular complexity index is 817. The predicted octanol–water partition coefficient (Wildman–Crippen LogP) is 6.13. The van der Waals surface area contributed by atoms with Gasteiger partial charge in [0, 0.05) is 26.9 Å². The van der Waals surface area contributed by atoms with E-state index >= 15 is 0 Å². The van der Waals surface area contributed by atoms with Crippen LogP contribution in [-0.4, -0.2) is 5.78 Å². The summed E-state index contributed by atoms with van der Waals surface area (Å²) in [5, 5.41) is 7.40. The van der Waals surface area contributed by atoms with E-state index in [1.54, 1.807) is 0 Å². The second-order valence-electron chi connectivity index (χ2n) is 5.80. The van der Waals surface area contributed by atoms with Crippen molar-refractivity contribution in [3.63, 3.8) is 0 Å². The van der Waals surface area contributed by atoms with Crippen molar-refractivity contribution in [2.75, 3.05) is 10.6 Å². The van der Waals surface area contributed by atoms with Gasteiger partial charge in [-0.3, -0.25) is 4.79 Å². The van der Waals surface area contributed by atoms with Gasteiger partial charge >= 0.3 is 0 Å². The number of carbonyl (C=O) groups excluding carboxylic acids is 1. The SMILES string of the molecule is CC1=C(Nc2cc(Nc3ccccc3I)ccc2Cl)CCCC1=O. The van der Waals surface area contributed by atoms with Crippen molar-refractivity contribution < 1.29 is 4.79 Å². The molecule has 2 N–H and O–H groups in total. The number of hydrogen-bond acceptors (Lipinski definition) is 3. The molecule has 2 aromatic carbocycles. The lowest BCUT2D eigenvalue weighted by atomic mass is 9.96. The third kappa shape index (κ3) is 3.92. The molecule has 0 unspecified atom stereocenters. The lowest BCUT2D eigenvalue weighted by molar-refractivity contribution is -0.116. The molecule has 124 valence electrons. The van der Waals surface area contributed by atoms with Crippen molar-refractivity contribution in [1.29, 1.82) is 0 Å². The zero-order valence-corrected chi connectivity index (χ0v) is 16.2. The fourth-order valence-corrected chi connectivity index (χ4v) is 3.39. The molecular formula is C19H18ClIN2O. The van der Waals surface area contributed by atoms with E-state index in [0.29, 0.717) is 11.4 Å². The Kier molecular flexibility index (Phi) is 5.46. The fraction of sp³-hybridized carbons (Fsp3) is 0.211. The number of rotatable bonds is 4. The van der Waals surface area contributed by atoms with Crippen molar-refractivity contribution in [1.82, 2.24) is 0 Å². The molecule has 0 heterocycles. The fourth-order valence-electron chi connectivity index (χ4n) is 2.70. The first-order chi connectivity index (χ1) is 11.5. The van der Waals surface area contributed by atoms with Crippen LogP contribution in [0.1, 0.15) is 26.2 Å². The number of carbonyl (C=O) groups is 1. The van der Waals surface area contributed by atoms with Crippen molar-refractivity contribution in [2.24, 2.45) is 0 Å². The van der Waals surface area contributed by atoms with Gasteiger partial charge in [-0.1, -0.05) is 23.7 Å². The number of Topliss-reactive ketones (excluding diaryl/α,β-unsaturated/α-hetero) is 1. The van der Waals surface area contributed by atoms with Gasteiger partial charge in [-0.2, -0.15) is 0 Å². The topological polar surface area (TPSA) is 41.1 Å². The average Bonchev–Trinajstić information content (AvgIpc) is 2.57. The van der Waals surface area contributed by atoms with E-state index < -0.39 is 0 Å². The molecule has 0 amide bonds. The highest BCUT2D eigenvalue weighted by molar-refractivity contribution is 14.1. The van der Waals surface area contributed by atoms with Crippen LogP contribution in [0, 0.1) is 3.57 Å². The molecule has 0 aliphatic heterocycles. The predicted molar refractivity (Wildman–Crippen MR) is 109 cm³/mol. The molecule has 0 bridgehead atoms.